The van der Waals surface area contributed by atoms with E-state index >= 15 is 0 Å². The predicted molar refractivity (Wildman–Crippen MR) is 85.4 cm³/mol. The summed E-state index contributed by atoms with van der Waals surface area (Å²) >= 11 is 0. The normalized spacial score (nSPS) is 15.2. The average Bonchev–Trinajstić information content (AvgIpc) is 2.35. The highest BCUT2D eigenvalue weighted by molar-refractivity contribution is 5.94. The van der Waals surface area contributed by atoms with Crippen molar-refractivity contribution in [3.05, 3.63) is 30.1 Å². The Morgan fingerprint density at radius 1 is 1.45 bits per heavy atom. The smallest absolute Gasteiger partial charge is 0.243 e. The van der Waals surface area contributed by atoms with Gasteiger partial charge in [-0.2, -0.15) is 0 Å². The second kappa shape index (κ2) is 8.10. The van der Waals surface area contributed by atoms with Crippen molar-refractivity contribution in [3.63, 3.8) is 0 Å². The first-order valence-electron chi connectivity index (χ1n) is 6.98. The molecule has 1 aromatic carbocycles. The van der Waals surface area contributed by atoms with Crippen LogP contribution in [0.1, 0.15) is 6.92 Å². The highest BCUT2D eigenvalue weighted by Gasteiger charge is 2.30. The molecule has 5 nitrogen and oxygen atoms in total. The van der Waals surface area contributed by atoms with Gasteiger partial charge >= 0.3 is 0 Å². The molecule has 0 aliphatic carbocycles. The Morgan fingerprint density at radius 3 is 2.68 bits per heavy atom. The fraction of sp³-hybridized carbons (Fsp3) is 0.467. The maximum atomic E-state index is 13.0. The molecule has 0 bridgehead atoms. The Bertz CT molecular complexity index is 537. The lowest BCUT2D eigenvalue weighted by Crippen LogP contribution is -2.50. The van der Waals surface area contributed by atoms with Crippen molar-refractivity contribution in [2.45, 2.75) is 6.92 Å². The molecule has 2 N–H and O–H groups in total. The van der Waals surface area contributed by atoms with Crippen molar-refractivity contribution < 1.29 is 14.0 Å². The topological polar surface area (TPSA) is 61.4 Å². The molecule has 22 heavy (non-hydrogen) atoms. The van der Waals surface area contributed by atoms with Crippen LogP contribution in [0.2, 0.25) is 0 Å². The number of carbonyl (C=O) groups is 2. The number of halogens is 2. The minimum atomic E-state index is -0.414. The molecule has 1 aliphatic heterocycles. The quantitative estimate of drug-likeness (QED) is 0.860. The number of benzene rings is 1. The van der Waals surface area contributed by atoms with Crippen molar-refractivity contribution in [2.24, 2.45) is 11.8 Å². The molecule has 1 saturated heterocycles. The molecule has 1 aromatic rings. The van der Waals surface area contributed by atoms with Gasteiger partial charge in [0, 0.05) is 18.7 Å². The van der Waals surface area contributed by atoms with Gasteiger partial charge in [-0.25, -0.2) is 4.39 Å². The molecular formula is C15H21ClFN3O2. The second-order valence-electron chi connectivity index (χ2n) is 5.46. The zero-order valence-electron chi connectivity index (χ0n) is 12.6. The third-order valence-corrected chi connectivity index (χ3v) is 3.78. The van der Waals surface area contributed by atoms with Crippen LogP contribution in [0.3, 0.4) is 0 Å². The lowest BCUT2D eigenvalue weighted by Gasteiger charge is -2.33. The van der Waals surface area contributed by atoms with Crippen molar-refractivity contribution in [1.82, 2.24) is 10.2 Å². The van der Waals surface area contributed by atoms with Gasteiger partial charge in [0.25, 0.3) is 0 Å². The number of rotatable bonds is 5. The Morgan fingerprint density at radius 2 is 2.14 bits per heavy atom. The van der Waals surface area contributed by atoms with Gasteiger partial charge < -0.3 is 15.5 Å². The Hall–Kier alpha value is -1.66. The van der Waals surface area contributed by atoms with Gasteiger partial charge in [0.05, 0.1) is 6.54 Å². The lowest BCUT2D eigenvalue weighted by molar-refractivity contribution is -0.138. The Balaban J connectivity index is 0.00000242. The standard InChI is InChI=1S/C15H20FN3O2.ClH/c1-10(11-7-17-8-11)15(21)19(2)9-14(20)18-13-5-3-4-12(16)6-13;/h3-6,10-11,17H,7-9H2,1-2H3,(H,18,20);1H. The highest BCUT2D eigenvalue weighted by Crippen LogP contribution is 2.18. The van der Waals surface area contributed by atoms with Crippen molar-refractivity contribution in [2.75, 3.05) is 32.0 Å². The van der Waals surface area contributed by atoms with Crippen LogP contribution in [0.25, 0.3) is 0 Å². The van der Waals surface area contributed by atoms with E-state index in [0.29, 0.717) is 11.6 Å². The number of likely N-dealkylation sites (N-methyl/N-ethyl adjacent to an activating group) is 1. The van der Waals surface area contributed by atoms with Gasteiger partial charge in [-0.1, -0.05) is 13.0 Å². The second-order valence-corrected chi connectivity index (χ2v) is 5.46. The van der Waals surface area contributed by atoms with Gasteiger partial charge in [-0.05, 0) is 37.2 Å². The zero-order valence-corrected chi connectivity index (χ0v) is 13.5. The fourth-order valence-corrected chi connectivity index (χ4v) is 2.27. The zero-order chi connectivity index (χ0) is 15.4. The molecule has 0 radical (unpaired) electrons. The molecule has 122 valence electrons. The Kier molecular flexibility index (Phi) is 6.77. The van der Waals surface area contributed by atoms with E-state index in [4.69, 9.17) is 0 Å². The summed E-state index contributed by atoms with van der Waals surface area (Å²) in [6.07, 6.45) is 0. The number of anilines is 1. The average molecular weight is 330 g/mol. The summed E-state index contributed by atoms with van der Waals surface area (Å²) in [6, 6.07) is 5.67. The van der Waals surface area contributed by atoms with E-state index in [9.17, 15) is 14.0 Å². The van der Waals surface area contributed by atoms with Crippen LogP contribution in [0, 0.1) is 17.7 Å². The summed E-state index contributed by atoms with van der Waals surface area (Å²) in [5.74, 6) is -0.556. The number of carbonyl (C=O) groups excluding carboxylic acids is 2. The van der Waals surface area contributed by atoms with E-state index in [1.54, 1.807) is 13.1 Å². The number of hydrogen-bond donors (Lipinski definition) is 2. The van der Waals surface area contributed by atoms with Gasteiger partial charge in [-0.15, -0.1) is 12.4 Å². The first kappa shape index (κ1) is 18.4. The molecule has 1 aliphatic rings. The van der Waals surface area contributed by atoms with Crippen LogP contribution in [-0.4, -0.2) is 43.4 Å². The number of hydrogen-bond acceptors (Lipinski definition) is 3. The third kappa shape index (κ3) is 4.68. The molecular weight excluding hydrogens is 309 g/mol. The van der Waals surface area contributed by atoms with Crippen LogP contribution < -0.4 is 10.6 Å². The maximum absolute atomic E-state index is 13.0. The van der Waals surface area contributed by atoms with Crippen LogP contribution >= 0.6 is 12.4 Å². The van der Waals surface area contributed by atoms with Gasteiger partial charge in [0.2, 0.25) is 11.8 Å². The maximum Gasteiger partial charge on any atom is 0.243 e. The molecule has 1 unspecified atom stereocenters. The minimum absolute atomic E-state index is 0. The molecule has 7 heteroatoms. The van der Waals surface area contributed by atoms with Crippen LogP contribution in [-0.2, 0) is 9.59 Å². The Labute approximate surface area is 135 Å². The summed E-state index contributed by atoms with van der Waals surface area (Å²) in [7, 11) is 1.61. The first-order chi connectivity index (χ1) is 9.97. The summed E-state index contributed by atoms with van der Waals surface area (Å²) in [5.41, 5.74) is 0.386. The number of nitrogens with one attached hydrogen (secondary N) is 2. The van der Waals surface area contributed by atoms with E-state index in [2.05, 4.69) is 10.6 Å². The van der Waals surface area contributed by atoms with Crippen LogP contribution in [0.4, 0.5) is 10.1 Å². The summed E-state index contributed by atoms with van der Waals surface area (Å²) < 4.78 is 13.0. The number of amides is 2. The highest BCUT2D eigenvalue weighted by atomic mass is 35.5. The third-order valence-electron chi connectivity index (χ3n) is 3.78. The van der Waals surface area contributed by atoms with Crippen LogP contribution in [0.5, 0.6) is 0 Å². The van der Waals surface area contributed by atoms with Gasteiger partial charge in [-0.3, -0.25) is 9.59 Å². The molecule has 0 saturated carbocycles. The van der Waals surface area contributed by atoms with E-state index < -0.39 is 5.82 Å². The van der Waals surface area contributed by atoms with Crippen LogP contribution in [0.15, 0.2) is 24.3 Å². The summed E-state index contributed by atoms with van der Waals surface area (Å²) in [5, 5.41) is 5.71. The molecule has 1 heterocycles. The molecule has 1 fully saturated rings. The molecule has 2 rings (SSSR count). The van der Waals surface area contributed by atoms with Gasteiger partial charge in [0.1, 0.15) is 5.82 Å². The minimum Gasteiger partial charge on any atom is -0.336 e. The first-order valence-corrected chi connectivity index (χ1v) is 6.98. The summed E-state index contributed by atoms with van der Waals surface area (Å²) in [6.45, 7) is 3.53. The molecule has 2 amide bonds. The molecule has 1 atom stereocenters. The molecule has 0 aromatic heterocycles. The van der Waals surface area contributed by atoms with E-state index in [-0.39, 0.29) is 36.7 Å². The summed E-state index contributed by atoms with van der Waals surface area (Å²) in [4.78, 5) is 25.5. The van der Waals surface area contributed by atoms with Crippen molar-refractivity contribution in [1.29, 1.82) is 0 Å². The fourth-order valence-electron chi connectivity index (χ4n) is 2.27. The van der Waals surface area contributed by atoms with Gasteiger partial charge in [0.15, 0.2) is 0 Å². The van der Waals surface area contributed by atoms with E-state index in [1.165, 1.54) is 23.1 Å². The predicted octanol–water partition coefficient (Wildman–Crippen LogP) is 1.50. The van der Waals surface area contributed by atoms with Crippen molar-refractivity contribution >= 4 is 29.9 Å². The monoisotopic (exact) mass is 329 g/mol. The lowest BCUT2D eigenvalue weighted by atomic mass is 9.88. The molecule has 0 spiro atoms. The SMILES string of the molecule is CC(C(=O)N(C)CC(=O)Nc1cccc(F)c1)C1CNC1.Cl. The largest absolute Gasteiger partial charge is 0.336 e. The van der Waals surface area contributed by atoms with E-state index in [1.807, 2.05) is 6.92 Å². The van der Waals surface area contributed by atoms with Crippen molar-refractivity contribution in [3.8, 4) is 0 Å². The number of nitrogens with zero attached hydrogens (tertiary/aromatic N) is 1. The van der Waals surface area contributed by atoms with E-state index in [0.717, 1.165) is 13.1 Å².